The first-order valence-corrected chi connectivity index (χ1v) is 14.5. The van der Waals surface area contributed by atoms with Gasteiger partial charge >= 0.3 is 0 Å². The number of hydrogen-bond acceptors (Lipinski definition) is 4. The molecule has 170 valence electrons. The maximum absolute atomic E-state index is 6.32. The van der Waals surface area contributed by atoms with Crippen LogP contribution in [0.5, 0.6) is 0 Å². The summed E-state index contributed by atoms with van der Waals surface area (Å²) in [5.74, 6) is 0. The summed E-state index contributed by atoms with van der Waals surface area (Å²) < 4.78 is 6.32. The Labute approximate surface area is 179 Å². The van der Waals surface area contributed by atoms with E-state index in [1.807, 2.05) is 0 Å². The molecule has 28 heavy (non-hydrogen) atoms. The van der Waals surface area contributed by atoms with Gasteiger partial charge < -0.3 is 19.1 Å². The van der Waals surface area contributed by atoms with Crippen LogP contribution in [-0.2, 0) is 4.43 Å². The molecule has 0 aliphatic heterocycles. The third-order valence-electron chi connectivity index (χ3n) is 6.36. The molecule has 0 amide bonds. The molecule has 0 aromatic carbocycles. The second-order valence-electron chi connectivity index (χ2n) is 9.96. The van der Waals surface area contributed by atoms with Gasteiger partial charge in [0.05, 0.1) is 0 Å². The lowest BCUT2D eigenvalue weighted by molar-refractivity contribution is 0.168. The highest BCUT2D eigenvalue weighted by molar-refractivity contribution is 6.72. The monoisotopic (exact) mass is 415 g/mol. The Balaban J connectivity index is 5.25. The third-order valence-corrected chi connectivity index (χ3v) is 10.2. The van der Waals surface area contributed by atoms with Crippen LogP contribution in [0.3, 0.4) is 0 Å². The molecule has 0 saturated carbocycles. The summed E-state index contributed by atoms with van der Waals surface area (Å²) >= 11 is 0. The van der Waals surface area contributed by atoms with Gasteiger partial charge in [0, 0.05) is 6.61 Å². The zero-order valence-corrected chi connectivity index (χ0v) is 21.9. The summed E-state index contributed by atoms with van der Waals surface area (Å²) in [6.07, 6.45) is 9.41. The van der Waals surface area contributed by atoms with Crippen LogP contribution in [0.25, 0.3) is 0 Å². The summed E-state index contributed by atoms with van der Waals surface area (Å²) in [5, 5.41) is 0. The zero-order chi connectivity index (χ0) is 21.6. The summed E-state index contributed by atoms with van der Waals surface area (Å²) in [6.45, 7) is 11.5. The summed E-state index contributed by atoms with van der Waals surface area (Å²) in [4.78, 5) is 7.03. The molecule has 1 unspecified atom stereocenters. The molecule has 0 aromatic heterocycles. The first kappa shape index (κ1) is 28.1. The van der Waals surface area contributed by atoms with Crippen molar-refractivity contribution in [2.24, 2.45) is 5.41 Å². The van der Waals surface area contributed by atoms with Gasteiger partial charge in [-0.25, -0.2) is 0 Å². The van der Waals surface area contributed by atoms with Crippen molar-refractivity contribution in [3.05, 3.63) is 0 Å². The predicted octanol–water partition coefficient (Wildman–Crippen LogP) is 5.02. The van der Waals surface area contributed by atoms with Crippen molar-refractivity contribution in [2.45, 2.75) is 77.4 Å². The van der Waals surface area contributed by atoms with E-state index >= 15 is 0 Å². The topological polar surface area (TPSA) is 19.0 Å². The lowest BCUT2D eigenvalue weighted by Gasteiger charge is -2.38. The molecule has 0 aliphatic carbocycles. The molecular formula is C23H53N3OSi. The van der Waals surface area contributed by atoms with Gasteiger partial charge in [0.25, 0.3) is 0 Å². The van der Waals surface area contributed by atoms with E-state index in [1.54, 1.807) is 0 Å². The van der Waals surface area contributed by atoms with Crippen LogP contribution in [0.1, 0.15) is 58.8 Å². The van der Waals surface area contributed by atoms with E-state index in [0.29, 0.717) is 5.41 Å². The lowest BCUT2D eigenvalue weighted by Crippen LogP contribution is -2.36. The molecule has 0 rings (SSSR count). The van der Waals surface area contributed by atoms with E-state index in [4.69, 9.17) is 4.43 Å². The van der Waals surface area contributed by atoms with E-state index in [2.05, 4.69) is 77.4 Å². The zero-order valence-electron chi connectivity index (χ0n) is 20.9. The number of rotatable bonds is 18. The Bertz CT molecular complexity index is 341. The van der Waals surface area contributed by atoms with Crippen LogP contribution in [0.15, 0.2) is 0 Å². The van der Waals surface area contributed by atoms with Crippen LogP contribution in [0.4, 0.5) is 0 Å². The Kier molecular flexibility index (Phi) is 15.0. The van der Waals surface area contributed by atoms with Gasteiger partial charge in [-0.05, 0) is 138 Å². The molecular weight excluding hydrogens is 362 g/mol. The normalized spacial score (nSPS) is 15.0. The highest BCUT2D eigenvalue weighted by Gasteiger charge is 2.34. The maximum atomic E-state index is 6.32. The van der Waals surface area contributed by atoms with E-state index in [-0.39, 0.29) is 0 Å². The second-order valence-corrected chi connectivity index (χ2v) is 14.4. The fourth-order valence-corrected chi connectivity index (χ4v) is 6.75. The molecule has 0 bridgehead atoms. The van der Waals surface area contributed by atoms with Crippen molar-refractivity contribution in [2.75, 3.05) is 68.5 Å². The van der Waals surface area contributed by atoms with Crippen molar-refractivity contribution >= 4 is 8.32 Å². The molecule has 0 N–H and O–H groups in total. The molecule has 1 atom stereocenters. The first-order chi connectivity index (χ1) is 13.1. The highest BCUT2D eigenvalue weighted by Crippen LogP contribution is 2.42. The van der Waals surface area contributed by atoms with Crippen molar-refractivity contribution in [3.63, 3.8) is 0 Å². The average Bonchev–Trinajstić information content (AvgIpc) is 2.59. The van der Waals surface area contributed by atoms with Crippen molar-refractivity contribution in [1.29, 1.82) is 0 Å². The average molecular weight is 416 g/mol. The van der Waals surface area contributed by atoms with Crippen molar-refractivity contribution < 1.29 is 4.43 Å². The first-order valence-electron chi connectivity index (χ1n) is 11.7. The minimum absolute atomic E-state index is 0.489. The Hall–Kier alpha value is 0.0569. The van der Waals surface area contributed by atoms with Gasteiger partial charge in [-0.3, -0.25) is 0 Å². The van der Waals surface area contributed by atoms with Crippen LogP contribution in [0, 0.1) is 5.41 Å². The standard InChI is InChI=1S/C23H53N3OSi/c1-10-27-28(9,11-2)22-18-23(15-12-19-24(3)4,16-13-20-25(5)6)17-14-21-26(7)8/h10-22H2,1-9H3. The molecule has 0 saturated heterocycles. The quantitative estimate of drug-likeness (QED) is 0.293. The van der Waals surface area contributed by atoms with Crippen LogP contribution in [-0.4, -0.2) is 91.5 Å². The van der Waals surface area contributed by atoms with E-state index in [0.717, 1.165) is 6.61 Å². The van der Waals surface area contributed by atoms with Crippen molar-refractivity contribution in [1.82, 2.24) is 14.7 Å². The van der Waals surface area contributed by atoms with Crippen LogP contribution in [0.2, 0.25) is 18.6 Å². The Morgan fingerprint density at radius 3 is 1.36 bits per heavy atom. The molecule has 0 heterocycles. The molecule has 0 aliphatic rings. The third kappa shape index (κ3) is 13.3. The number of nitrogens with zero attached hydrogens (tertiary/aromatic N) is 3. The summed E-state index contributed by atoms with van der Waals surface area (Å²) in [6, 6.07) is 2.56. The summed E-state index contributed by atoms with van der Waals surface area (Å²) in [5.41, 5.74) is 0.489. The lowest BCUT2D eigenvalue weighted by atomic mass is 9.73. The molecule has 4 nitrogen and oxygen atoms in total. The molecule has 0 radical (unpaired) electrons. The van der Waals surface area contributed by atoms with Gasteiger partial charge in [-0.2, -0.15) is 0 Å². The van der Waals surface area contributed by atoms with Crippen molar-refractivity contribution in [3.8, 4) is 0 Å². The fraction of sp³-hybridized carbons (Fsp3) is 1.00. The number of hydrogen-bond donors (Lipinski definition) is 0. The second kappa shape index (κ2) is 14.9. The largest absolute Gasteiger partial charge is 0.417 e. The van der Waals surface area contributed by atoms with E-state index in [1.165, 1.54) is 76.7 Å². The van der Waals surface area contributed by atoms with Gasteiger partial charge in [-0.15, -0.1) is 0 Å². The molecule has 5 heteroatoms. The van der Waals surface area contributed by atoms with E-state index in [9.17, 15) is 0 Å². The summed E-state index contributed by atoms with van der Waals surface area (Å²) in [7, 11) is 11.7. The van der Waals surface area contributed by atoms with Crippen LogP contribution < -0.4 is 0 Å². The maximum Gasteiger partial charge on any atom is 0.189 e. The molecule has 0 fully saturated rings. The highest BCUT2D eigenvalue weighted by atomic mass is 28.4. The Morgan fingerprint density at radius 2 is 1.07 bits per heavy atom. The minimum atomic E-state index is -1.55. The Morgan fingerprint density at radius 1 is 0.679 bits per heavy atom. The van der Waals surface area contributed by atoms with Gasteiger partial charge in [-0.1, -0.05) is 6.92 Å². The predicted molar refractivity (Wildman–Crippen MR) is 129 cm³/mol. The molecule has 0 aromatic rings. The van der Waals surface area contributed by atoms with Gasteiger partial charge in [0.15, 0.2) is 8.32 Å². The minimum Gasteiger partial charge on any atom is -0.417 e. The van der Waals surface area contributed by atoms with Crippen LogP contribution >= 0.6 is 0 Å². The van der Waals surface area contributed by atoms with E-state index < -0.39 is 8.32 Å². The SMILES string of the molecule is CCO[Si](C)(CC)CCC(CCCN(C)C)(CCCN(C)C)CCCN(C)C. The van der Waals surface area contributed by atoms with Gasteiger partial charge in [0.1, 0.15) is 0 Å². The van der Waals surface area contributed by atoms with Gasteiger partial charge in [0.2, 0.25) is 0 Å². The fourth-order valence-electron chi connectivity index (χ4n) is 4.29. The smallest absolute Gasteiger partial charge is 0.189 e. The molecule has 0 spiro atoms.